The van der Waals surface area contributed by atoms with E-state index >= 15 is 0 Å². The summed E-state index contributed by atoms with van der Waals surface area (Å²) < 4.78 is 5.77. The molecule has 6 rings (SSSR count). The van der Waals surface area contributed by atoms with E-state index in [1.807, 2.05) is 37.3 Å². The maximum absolute atomic E-state index is 12.6. The monoisotopic (exact) mass is 579 g/mol. The van der Waals surface area contributed by atoms with Crippen LogP contribution in [-0.4, -0.2) is 80.0 Å². The predicted octanol–water partition coefficient (Wildman–Crippen LogP) is 4.58. The zero-order valence-electron chi connectivity index (χ0n) is 24.6. The average Bonchev–Trinajstić information content (AvgIpc) is 3.43. The van der Waals surface area contributed by atoms with Gasteiger partial charge in [-0.05, 0) is 88.3 Å². The summed E-state index contributed by atoms with van der Waals surface area (Å²) in [5.41, 5.74) is 3.74. The summed E-state index contributed by atoms with van der Waals surface area (Å²) in [6, 6.07) is 17.6. The highest BCUT2D eigenvalue weighted by molar-refractivity contribution is 5.72. The molecule has 1 atom stereocenters. The van der Waals surface area contributed by atoms with Crippen LogP contribution in [0, 0.1) is 12.8 Å². The number of rotatable bonds is 9. The molecule has 0 spiro atoms. The standard InChI is InChI=1S/C32H37N9O2/c1-22-4-3-5-27(35-22)30-33-15-10-28(38-30)37-29-11-16-34-32(39-29)36-25-8-6-23(7-9-25)20-41-18-12-24(13-19-41)31(42)43-26-14-17-40(2)21-26/h3-11,15-16,24,26H,12-14,17-21H2,1-2H3,(H2,33,34,36,37,38,39)/t26-/m1/s1. The van der Waals surface area contributed by atoms with Crippen LogP contribution in [0.5, 0.6) is 0 Å². The third-order valence-electron chi connectivity index (χ3n) is 7.85. The fraction of sp³-hybridized carbons (Fsp3) is 0.375. The number of pyridine rings is 1. The number of nitrogens with zero attached hydrogens (tertiary/aromatic N) is 7. The number of benzene rings is 1. The van der Waals surface area contributed by atoms with Gasteiger partial charge in [0.05, 0.1) is 5.92 Å². The van der Waals surface area contributed by atoms with E-state index in [4.69, 9.17) is 4.74 Å². The molecule has 11 heteroatoms. The molecule has 0 saturated carbocycles. The Hall–Kier alpha value is -4.48. The van der Waals surface area contributed by atoms with Crippen molar-refractivity contribution in [1.82, 2.24) is 34.7 Å². The SMILES string of the molecule is Cc1cccc(-c2nccc(Nc3ccnc(Nc4ccc(CN5CCC(C(=O)O[C@@H]6CCN(C)C6)CC5)cc4)n3)n2)n1. The van der Waals surface area contributed by atoms with Crippen LogP contribution in [-0.2, 0) is 16.1 Å². The summed E-state index contributed by atoms with van der Waals surface area (Å²) in [6.07, 6.45) is 6.09. The number of ether oxygens (including phenoxy) is 1. The second-order valence-electron chi connectivity index (χ2n) is 11.3. The number of likely N-dealkylation sites (tertiary alicyclic amines) is 2. The fourth-order valence-corrected chi connectivity index (χ4v) is 5.50. The number of anilines is 4. The second-order valence-corrected chi connectivity index (χ2v) is 11.3. The van der Waals surface area contributed by atoms with E-state index in [1.54, 1.807) is 24.5 Å². The van der Waals surface area contributed by atoms with Gasteiger partial charge in [-0.25, -0.2) is 19.9 Å². The van der Waals surface area contributed by atoms with Crippen LogP contribution >= 0.6 is 0 Å². The molecule has 0 aliphatic carbocycles. The van der Waals surface area contributed by atoms with Crippen molar-refractivity contribution in [3.8, 4) is 11.5 Å². The Kier molecular flexibility index (Phi) is 8.80. The largest absolute Gasteiger partial charge is 0.461 e. The molecular formula is C32H37N9O2. The number of aromatic nitrogens is 5. The van der Waals surface area contributed by atoms with Crippen LogP contribution in [0.2, 0.25) is 0 Å². The Morgan fingerprint density at radius 3 is 2.40 bits per heavy atom. The lowest BCUT2D eigenvalue weighted by molar-refractivity contribution is -0.155. The predicted molar refractivity (Wildman–Crippen MR) is 165 cm³/mol. The number of hydrogen-bond donors (Lipinski definition) is 2. The van der Waals surface area contributed by atoms with Gasteiger partial charge in [0.1, 0.15) is 23.4 Å². The lowest BCUT2D eigenvalue weighted by Gasteiger charge is -2.31. The lowest BCUT2D eigenvalue weighted by Crippen LogP contribution is -2.37. The van der Waals surface area contributed by atoms with Crippen LogP contribution in [0.25, 0.3) is 11.5 Å². The van der Waals surface area contributed by atoms with Gasteiger partial charge in [0.25, 0.3) is 0 Å². The Bertz CT molecular complexity index is 1540. The first-order valence-corrected chi connectivity index (χ1v) is 14.8. The van der Waals surface area contributed by atoms with Gasteiger partial charge in [0.2, 0.25) is 5.95 Å². The third kappa shape index (κ3) is 7.68. The van der Waals surface area contributed by atoms with E-state index in [0.717, 1.165) is 63.4 Å². The molecule has 5 heterocycles. The van der Waals surface area contributed by atoms with Gasteiger partial charge >= 0.3 is 5.97 Å². The molecule has 222 valence electrons. The summed E-state index contributed by atoms with van der Waals surface area (Å²) in [5, 5.41) is 6.51. The Labute approximate surface area is 251 Å². The van der Waals surface area contributed by atoms with E-state index in [2.05, 4.69) is 64.5 Å². The van der Waals surface area contributed by atoms with Gasteiger partial charge in [0, 0.05) is 43.4 Å². The average molecular weight is 580 g/mol. The van der Waals surface area contributed by atoms with Gasteiger partial charge in [0.15, 0.2) is 5.82 Å². The molecular weight excluding hydrogens is 542 g/mol. The van der Waals surface area contributed by atoms with Crippen LogP contribution < -0.4 is 10.6 Å². The molecule has 4 aromatic rings. The molecule has 0 radical (unpaired) electrons. The highest BCUT2D eigenvalue weighted by Crippen LogP contribution is 2.24. The number of carbonyl (C=O) groups excluding carboxylic acids is 1. The topological polar surface area (TPSA) is 121 Å². The summed E-state index contributed by atoms with van der Waals surface area (Å²) in [4.78, 5) is 39.7. The first-order chi connectivity index (χ1) is 21.0. The van der Waals surface area contributed by atoms with Crippen molar-refractivity contribution < 1.29 is 9.53 Å². The fourth-order valence-electron chi connectivity index (χ4n) is 5.50. The highest BCUT2D eigenvalue weighted by Gasteiger charge is 2.30. The Morgan fingerprint density at radius 1 is 0.884 bits per heavy atom. The van der Waals surface area contributed by atoms with Crippen LogP contribution in [0.1, 0.15) is 30.5 Å². The first kappa shape index (κ1) is 28.6. The molecule has 2 saturated heterocycles. The molecule has 2 aliphatic heterocycles. The van der Waals surface area contributed by atoms with Crippen LogP contribution in [0.4, 0.5) is 23.3 Å². The van der Waals surface area contributed by atoms with E-state index in [0.29, 0.717) is 29.1 Å². The molecule has 2 aliphatic rings. The van der Waals surface area contributed by atoms with Crippen LogP contribution in [0.15, 0.2) is 67.0 Å². The molecule has 1 aromatic carbocycles. The van der Waals surface area contributed by atoms with Crippen molar-refractivity contribution in [2.24, 2.45) is 5.92 Å². The molecule has 3 aromatic heterocycles. The molecule has 0 unspecified atom stereocenters. The van der Waals surface area contributed by atoms with Crippen LogP contribution in [0.3, 0.4) is 0 Å². The van der Waals surface area contributed by atoms with Gasteiger partial charge in [-0.15, -0.1) is 0 Å². The molecule has 11 nitrogen and oxygen atoms in total. The zero-order valence-corrected chi connectivity index (χ0v) is 24.6. The van der Waals surface area contributed by atoms with Gasteiger partial charge < -0.3 is 20.3 Å². The van der Waals surface area contributed by atoms with Crippen molar-refractivity contribution in [2.75, 3.05) is 43.9 Å². The quantitative estimate of drug-likeness (QED) is 0.271. The van der Waals surface area contributed by atoms with Crippen molar-refractivity contribution in [3.05, 3.63) is 78.2 Å². The highest BCUT2D eigenvalue weighted by atomic mass is 16.5. The van der Waals surface area contributed by atoms with Crippen molar-refractivity contribution in [2.45, 2.75) is 38.8 Å². The van der Waals surface area contributed by atoms with Gasteiger partial charge in [-0.1, -0.05) is 18.2 Å². The number of hydrogen-bond acceptors (Lipinski definition) is 11. The smallest absolute Gasteiger partial charge is 0.309 e. The molecule has 0 amide bonds. The second kappa shape index (κ2) is 13.2. The Morgan fingerprint density at radius 2 is 1.65 bits per heavy atom. The van der Waals surface area contributed by atoms with Gasteiger partial charge in [-0.2, -0.15) is 4.98 Å². The normalized spacial score (nSPS) is 18.0. The van der Waals surface area contributed by atoms with E-state index < -0.39 is 0 Å². The lowest BCUT2D eigenvalue weighted by atomic mass is 9.96. The first-order valence-electron chi connectivity index (χ1n) is 14.8. The minimum absolute atomic E-state index is 0.0144. The van der Waals surface area contributed by atoms with Crippen molar-refractivity contribution >= 4 is 29.2 Å². The van der Waals surface area contributed by atoms with Crippen molar-refractivity contribution in [1.29, 1.82) is 0 Å². The van der Waals surface area contributed by atoms with Crippen molar-refractivity contribution in [3.63, 3.8) is 0 Å². The number of nitrogens with one attached hydrogen (secondary N) is 2. The molecule has 2 N–H and O–H groups in total. The summed E-state index contributed by atoms with van der Waals surface area (Å²) in [6.45, 7) is 6.43. The van der Waals surface area contributed by atoms with E-state index in [9.17, 15) is 4.79 Å². The number of aryl methyl sites for hydroxylation is 1. The molecule has 0 bridgehead atoms. The maximum Gasteiger partial charge on any atom is 0.309 e. The summed E-state index contributed by atoms with van der Waals surface area (Å²) in [7, 11) is 2.07. The Balaban J connectivity index is 0.994. The zero-order chi connectivity index (χ0) is 29.6. The number of piperidine rings is 1. The third-order valence-corrected chi connectivity index (χ3v) is 7.85. The molecule has 2 fully saturated rings. The summed E-state index contributed by atoms with van der Waals surface area (Å²) in [5.74, 6) is 2.24. The molecule has 43 heavy (non-hydrogen) atoms. The number of esters is 1. The minimum atomic E-state index is -0.0155. The van der Waals surface area contributed by atoms with Gasteiger partial charge in [-0.3, -0.25) is 9.69 Å². The number of carbonyl (C=O) groups is 1. The minimum Gasteiger partial charge on any atom is -0.461 e. The maximum atomic E-state index is 12.6. The summed E-state index contributed by atoms with van der Waals surface area (Å²) >= 11 is 0. The van der Waals surface area contributed by atoms with E-state index in [-0.39, 0.29) is 18.0 Å². The van der Waals surface area contributed by atoms with E-state index in [1.165, 1.54) is 5.56 Å². The number of likely N-dealkylation sites (N-methyl/N-ethyl adjacent to an activating group) is 1.